The van der Waals surface area contributed by atoms with Crippen LogP contribution in [0.25, 0.3) is 0 Å². The van der Waals surface area contributed by atoms with Crippen molar-refractivity contribution in [2.24, 2.45) is 15.8 Å². The third-order valence-electron chi connectivity index (χ3n) is 4.44. The normalized spacial score (nSPS) is 25.8. The van der Waals surface area contributed by atoms with Gasteiger partial charge >= 0.3 is 0 Å². The SMILES string of the molecule is C[C@@H]1N=C(C(C)(C)C)N2CC(NS(=O)(=O)CF)CC2=C1C(C)(C)C. The Morgan fingerprint density at radius 3 is 2.25 bits per heavy atom. The fourth-order valence-electron chi connectivity index (χ4n) is 3.79. The van der Waals surface area contributed by atoms with Gasteiger partial charge in [-0.25, -0.2) is 17.5 Å². The molecule has 0 aliphatic carbocycles. The van der Waals surface area contributed by atoms with E-state index in [-0.39, 0.29) is 22.9 Å². The van der Waals surface area contributed by atoms with Gasteiger partial charge in [-0.15, -0.1) is 0 Å². The van der Waals surface area contributed by atoms with Gasteiger partial charge in [-0.2, -0.15) is 0 Å². The van der Waals surface area contributed by atoms with E-state index in [4.69, 9.17) is 4.99 Å². The second-order valence-corrected chi connectivity index (χ2v) is 10.5. The summed E-state index contributed by atoms with van der Waals surface area (Å²) in [5, 5.41) is 0. The van der Waals surface area contributed by atoms with Gasteiger partial charge in [0.1, 0.15) is 5.84 Å². The van der Waals surface area contributed by atoms with Crippen molar-refractivity contribution in [3.63, 3.8) is 0 Å². The van der Waals surface area contributed by atoms with E-state index in [1.165, 1.54) is 5.57 Å². The van der Waals surface area contributed by atoms with Crippen LogP contribution in [0.4, 0.5) is 4.39 Å². The van der Waals surface area contributed by atoms with Gasteiger partial charge in [-0.1, -0.05) is 41.5 Å². The summed E-state index contributed by atoms with van der Waals surface area (Å²) in [6.07, 6.45) is 0.575. The molecule has 0 spiro atoms. The molecule has 0 amide bonds. The first-order valence-electron chi connectivity index (χ1n) is 8.41. The van der Waals surface area contributed by atoms with E-state index in [1.54, 1.807) is 0 Å². The molecule has 138 valence electrons. The topological polar surface area (TPSA) is 61.8 Å². The van der Waals surface area contributed by atoms with Gasteiger partial charge in [0.05, 0.1) is 6.04 Å². The van der Waals surface area contributed by atoms with Crippen LogP contribution in [-0.4, -0.2) is 43.8 Å². The number of fused-ring (bicyclic) bond motifs is 1. The van der Waals surface area contributed by atoms with Crippen LogP contribution in [0.5, 0.6) is 0 Å². The summed E-state index contributed by atoms with van der Waals surface area (Å²) in [4.78, 5) is 7.07. The minimum absolute atomic E-state index is 0.0574. The molecule has 2 heterocycles. The first-order chi connectivity index (χ1) is 10.8. The average Bonchev–Trinajstić information content (AvgIpc) is 2.76. The highest BCUT2D eigenvalue weighted by Crippen LogP contribution is 2.42. The molecule has 5 nitrogen and oxygen atoms in total. The van der Waals surface area contributed by atoms with Crippen molar-refractivity contribution in [3.8, 4) is 0 Å². The molecule has 2 aliphatic rings. The van der Waals surface area contributed by atoms with E-state index in [9.17, 15) is 12.8 Å². The second kappa shape index (κ2) is 6.09. The molecular weight excluding hydrogens is 329 g/mol. The van der Waals surface area contributed by atoms with Gasteiger partial charge in [-0.05, 0) is 17.9 Å². The highest BCUT2D eigenvalue weighted by Gasteiger charge is 2.43. The fraction of sp³-hybridized carbons (Fsp3) is 0.824. The molecule has 2 atom stereocenters. The molecule has 1 fully saturated rings. The third-order valence-corrected chi connectivity index (χ3v) is 5.42. The Kier molecular flexibility index (Phi) is 4.92. The Hall–Kier alpha value is -0.950. The zero-order valence-corrected chi connectivity index (χ0v) is 16.6. The number of alkyl halides is 1. The van der Waals surface area contributed by atoms with Crippen molar-refractivity contribution in [1.29, 1.82) is 0 Å². The van der Waals surface area contributed by atoms with Crippen LogP contribution < -0.4 is 4.72 Å². The number of nitrogens with one attached hydrogen (secondary N) is 1. The predicted molar refractivity (Wildman–Crippen MR) is 96.0 cm³/mol. The van der Waals surface area contributed by atoms with Gasteiger partial charge in [0.15, 0.2) is 0 Å². The number of sulfonamides is 1. The van der Waals surface area contributed by atoms with Gasteiger partial charge < -0.3 is 4.90 Å². The first kappa shape index (κ1) is 19.4. The molecule has 0 aromatic rings. The lowest BCUT2D eigenvalue weighted by Gasteiger charge is -2.41. The number of halogens is 1. The molecular formula is C17H30FN3O2S. The van der Waals surface area contributed by atoms with Gasteiger partial charge in [-0.3, -0.25) is 4.99 Å². The maximum absolute atomic E-state index is 12.7. The zero-order chi connectivity index (χ0) is 18.5. The monoisotopic (exact) mass is 359 g/mol. The summed E-state index contributed by atoms with van der Waals surface area (Å²) in [6, 6.07) is -1.65. The van der Waals surface area contributed by atoms with E-state index >= 15 is 0 Å². The molecule has 0 radical (unpaired) electrons. The summed E-state index contributed by atoms with van der Waals surface area (Å²) < 4.78 is 38.4. The summed E-state index contributed by atoms with van der Waals surface area (Å²) >= 11 is 0. The standard InChI is InChI=1S/C17H30FN3O2S/c1-11-14(16(2,3)4)13-8-12(20-24(22,23)10-18)9-21(13)15(19-11)17(5,6)7/h11-12,20H,8-10H2,1-7H3/t11-,12?/m0/s1. The third kappa shape index (κ3) is 3.82. The minimum atomic E-state index is -3.87. The van der Waals surface area contributed by atoms with E-state index in [1.807, 2.05) is 0 Å². The summed E-state index contributed by atoms with van der Waals surface area (Å²) in [6.45, 7) is 15.4. The van der Waals surface area contributed by atoms with E-state index in [0.717, 1.165) is 11.5 Å². The van der Waals surface area contributed by atoms with Crippen LogP contribution >= 0.6 is 0 Å². The molecule has 0 bridgehead atoms. The highest BCUT2D eigenvalue weighted by molar-refractivity contribution is 7.89. The van der Waals surface area contributed by atoms with E-state index in [0.29, 0.717) is 13.0 Å². The Morgan fingerprint density at radius 2 is 1.79 bits per heavy atom. The molecule has 1 saturated heterocycles. The van der Waals surface area contributed by atoms with Gasteiger partial charge in [0.2, 0.25) is 16.0 Å². The lowest BCUT2D eigenvalue weighted by Crippen LogP contribution is -2.45. The largest absolute Gasteiger partial charge is 0.332 e. The zero-order valence-electron chi connectivity index (χ0n) is 15.8. The molecule has 24 heavy (non-hydrogen) atoms. The second-order valence-electron chi connectivity index (χ2n) is 8.84. The van der Waals surface area contributed by atoms with E-state index < -0.39 is 16.0 Å². The Bertz CT molecular complexity index is 669. The maximum Gasteiger partial charge on any atom is 0.241 e. The quantitative estimate of drug-likeness (QED) is 0.842. The summed E-state index contributed by atoms with van der Waals surface area (Å²) in [7, 11) is -3.87. The van der Waals surface area contributed by atoms with Crippen LogP contribution in [0.2, 0.25) is 0 Å². The molecule has 0 aromatic heterocycles. The smallest absolute Gasteiger partial charge is 0.241 e. The van der Waals surface area contributed by atoms with Crippen molar-refractivity contribution in [2.75, 3.05) is 12.6 Å². The maximum atomic E-state index is 12.7. The molecule has 1 unspecified atom stereocenters. The van der Waals surface area contributed by atoms with Crippen molar-refractivity contribution < 1.29 is 12.8 Å². The Morgan fingerprint density at radius 1 is 1.21 bits per heavy atom. The number of aliphatic imine (C=N–C) groups is 1. The minimum Gasteiger partial charge on any atom is -0.332 e. The van der Waals surface area contributed by atoms with Gasteiger partial charge in [0, 0.05) is 30.1 Å². The van der Waals surface area contributed by atoms with Crippen molar-refractivity contribution in [1.82, 2.24) is 9.62 Å². The highest BCUT2D eigenvalue weighted by atomic mass is 32.2. The van der Waals surface area contributed by atoms with Crippen LogP contribution in [0.3, 0.4) is 0 Å². The molecule has 0 aromatic carbocycles. The van der Waals surface area contributed by atoms with Gasteiger partial charge in [0.25, 0.3) is 0 Å². The lowest BCUT2D eigenvalue weighted by molar-refractivity contribution is 0.393. The molecule has 0 saturated carbocycles. The van der Waals surface area contributed by atoms with Crippen molar-refractivity contribution >= 4 is 15.9 Å². The fourth-order valence-corrected chi connectivity index (χ4v) is 4.52. The van der Waals surface area contributed by atoms with Crippen molar-refractivity contribution in [3.05, 3.63) is 11.3 Å². The molecule has 7 heteroatoms. The summed E-state index contributed by atoms with van der Waals surface area (Å²) in [5.41, 5.74) is 2.17. The predicted octanol–water partition coefficient (Wildman–Crippen LogP) is 3.05. The summed E-state index contributed by atoms with van der Waals surface area (Å²) in [5.74, 6) is 0.972. The number of amidine groups is 1. The Labute approximate surface area is 145 Å². The number of hydrogen-bond acceptors (Lipinski definition) is 4. The molecule has 1 N–H and O–H groups in total. The van der Waals surface area contributed by atoms with Crippen LogP contribution in [0.15, 0.2) is 16.3 Å². The average molecular weight is 360 g/mol. The van der Waals surface area contributed by atoms with Crippen LogP contribution in [-0.2, 0) is 10.0 Å². The molecule has 2 aliphatic heterocycles. The van der Waals surface area contributed by atoms with E-state index in [2.05, 4.69) is 58.1 Å². The van der Waals surface area contributed by atoms with Crippen molar-refractivity contribution in [2.45, 2.75) is 67.0 Å². The lowest BCUT2D eigenvalue weighted by atomic mass is 9.79. The van der Waals surface area contributed by atoms with Crippen LogP contribution in [0.1, 0.15) is 54.9 Å². The number of hydrogen-bond donors (Lipinski definition) is 1. The molecule has 2 rings (SSSR count). The first-order valence-corrected chi connectivity index (χ1v) is 10.1. The number of nitrogens with zero attached hydrogens (tertiary/aromatic N) is 2. The number of rotatable bonds is 3. The van der Waals surface area contributed by atoms with Crippen LogP contribution in [0, 0.1) is 10.8 Å². The Balaban J connectivity index is 2.46.